The van der Waals surface area contributed by atoms with Gasteiger partial charge < -0.3 is 5.11 Å². The molecule has 3 rings (SSSR count). The van der Waals surface area contributed by atoms with E-state index in [9.17, 15) is 18.3 Å². The average Bonchev–Trinajstić information content (AvgIpc) is 2.88. The summed E-state index contributed by atoms with van der Waals surface area (Å²) in [5.74, 6) is 0.0586. The molecule has 0 bridgehead atoms. The van der Waals surface area contributed by atoms with Gasteiger partial charge in [-0.15, -0.1) is 11.3 Å². The maximum atomic E-state index is 12.8. The Kier molecular flexibility index (Phi) is 4.23. The van der Waals surface area contributed by atoms with Crippen LogP contribution in [0.5, 0.6) is 5.75 Å². The van der Waals surface area contributed by atoms with Gasteiger partial charge >= 0.3 is 6.18 Å². The van der Waals surface area contributed by atoms with Crippen molar-refractivity contribution in [3.63, 3.8) is 0 Å². The summed E-state index contributed by atoms with van der Waals surface area (Å²) < 4.78 is 39.1. The highest BCUT2D eigenvalue weighted by Gasteiger charge is 2.30. The number of rotatable bonds is 2. The summed E-state index contributed by atoms with van der Waals surface area (Å²) in [6.07, 6.45) is -4.12. The van der Waals surface area contributed by atoms with Gasteiger partial charge in [0.2, 0.25) is 0 Å². The van der Waals surface area contributed by atoms with Crippen molar-refractivity contribution in [1.29, 1.82) is 0 Å². The molecule has 7 heteroatoms. The van der Waals surface area contributed by atoms with Gasteiger partial charge in [0.25, 0.3) is 0 Å². The second kappa shape index (κ2) is 5.98. The van der Waals surface area contributed by atoms with Crippen LogP contribution in [0.15, 0.2) is 30.3 Å². The number of alkyl halides is 3. The molecule has 0 fully saturated rings. The van der Waals surface area contributed by atoms with Crippen molar-refractivity contribution in [2.45, 2.75) is 38.8 Å². The molecule has 2 heterocycles. The van der Waals surface area contributed by atoms with Gasteiger partial charge in [-0.1, -0.05) is 20.8 Å². The summed E-state index contributed by atoms with van der Waals surface area (Å²) in [6.45, 7) is 6.06. The van der Waals surface area contributed by atoms with Crippen molar-refractivity contribution in [2.24, 2.45) is 0 Å². The van der Waals surface area contributed by atoms with Crippen LogP contribution in [0.2, 0.25) is 0 Å². The average molecular weight is 366 g/mol. The van der Waals surface area contributed by atoms with E-state index in [1.54, 1.807) is 12.1 Å². The largest absolute Gasteiger partial charge is 0.506 e. The molecule has 1 aromatic carbocycles. The molecule has 25 heavy (non-hydrogen) atoms. The Hall–Kier alpha value is -2.15. The molecule has 0 aliphatic carbocycles. The first kappa shape index (κ1) is 17.7. The lowest BCUT2D eigenvalue weighted by molar-refractivity contribution is -0.137. The van der Waals surface area contributed by atoms with Crippen LogP contribution in [0.4, 0.5) is 13.2 Å². The van der Waals surface area contributed by atoms with Crippen LogP contribution >= 0.6 is 11.3 Å². The SMILES string of the molecule is CC(C)(C)c1ccc(O)c(Cc2nc3cc(C(F)(F)F)ccc3s2)n1. The van der Waals surface area contributed by atoms with Gasteiger partial charge in [-0.25, -0.2) is 4.98 Å². The smallest absolute Gasteiger partial charge is 0.416 e. The topological polar surface area (TPSA) is 46.0 Å². The summed E-state index contributed by atoms with van der Waals surface area (Å²) in [7, 11) is 0. The van der Waals surface area contributed by atoms with Crippen LogP contribution in [-0.4, -0.2) is 15.1 Å². The van der Waals surface area contributed by atoms with Crippen molar-refractivity contribution in [3.8, 4) is 5.75 Å². The van der Waals surface area contributed by atoms with E-state index in [1.165, 1.54) is 17.4 Å². The van der Waals surface area contributed by atoms with E-state index in [0.29, 0.717) is 20.9 Å². The number of hydrogen-bond donors (Lipinski definition) is 1. The zero-order valence-electron chi connectivity index (χ0n) is 14.0. The van der Waals surface area contributed by atoms with E-state index >= 15 is 0 Å². The number of pyridine rings is 1. The molecule has 0 atom stereocenters. The molecule has 2 aromatic heterocycles. The van der Waals surface area contributed by atoms with E-state index in [-0.39, 0.29) is 17.6 Å². The number of hydrogen-bond acceptors (Lipinski definition) is 4. The maximum absolute atomic E-state index is 12.8. The van der Waals surface area contributed by atoms with Gasteiger partial charge in [0, 0.05) is 17.5 Å². The van der Waals surface area contributed by atoms with Gasteiger partial charge in [0.05, 0.1) is 26.5 Å². The molecule has 0 radical (unpaired) electrons. The first-order valence-electron chi connectivity index (χ1n) is 7.70. The Labute approximate surface area is 147 Å². The predicted octanol–water partition coefficient (Wildman–Crippen LogP) is 5.30. The normalized spacial score (nSPS) is 12.7. The molecule has 0 spiro atoms. The van der Waals surface area contributed by atoms with Gasteiger partial charge in [-0.05, 0) is 30.3 Å². The monoisotopic (exact) mass is 366 g/mol. The van der Waals surface area contributed by atoms with E-state index in [4.69, 9.17) is 0 Å². The lowest BCUT2D eigenvalue weighted by Gasteiger charge is -2.18. The second-order valence-electron chi connectivity index (χ2n) is 6.88. The fourth-order valence-corrected chi connectivity index (χ4v) is 3.36. The van der Waals surface area contributed by atoms with Gasteiger partial charge in [0.15, 0.2) is 0 Å². The number of aromatic nitrogens is 2. The summed E-state index contributed by atoms with van der Waals surface area (Å²) in [5.41, 5.74) is 0.731. The molecule has 0 saturated heterocycles. The highest BCUT2D eigenvalue weighted by Crippen LogP contribution is 2.34. The Morgan fingerprint density at radius 3 is 2.40 bits per heavy atom. The van der Waals surface area contributed by atoms with Crippen molar-refractivity contribution < 1.29 is 18.3 Å². The number of halogens is 3. The van der Waals surface area contributed by atoms with Crippen LogP contribution in [-0.2, 0) is 18.0 Å². The van der Waals surface area contributed by atoms with Crippen molar-refractivity contribution in [1.82, 2.24) is 9.97 Å². The van der Waals surface area contributed by atoms with Crippen LogP contribution in [0.3, 0.4) is 0 Å². The molecule has 3 aromatic rings. The number of aromatic hydroxyl groups is 1. The minimum Gasteiger partial charge on any atom is -0.506 e. The summed E-state index contributed by atoms with van der Waals surface area (Å²) >= 11 is 1.30. The fraction of sp³-hybridized carbons (Fsp3) is 0.333. The van der Waals surface area contributed by atoms with E-state index in [2.05, 4.69) is 9.97 Å². The zero-order valence-corrected chi connectivity index (χ0v) is 14.8. The molecular formula is C18H17F3N2OS. The number of benzene rings is 1. The minimum atomic E-state index is -4.39. The molecule has 3 nitrogen and oxygen atoms in total. The van der Waals surface area contributed by atoms with Crippen LogP contribution in [0, 0.1) is 0 Å². The number of thiazole rings is 1. The van der Waals surface area contributed by atoms with Crippen LogP contribution in [0.25, 0.3) is 10.2 Å². The fourth-order valence-electron chi connectivity index (χ4n) is 2.41. The number of nitrogens with zero attached hydrogens (tertiary/aromatic N) is 2. The van der Waals surface area contributed by atoms with Crippen LogP contribution in [0.1, 0.15) is 42.7 Å². The quantitative estimate of drug-likeness (QED) is 0.669. The van der Waals surface area contributed by atoms with Gasteiger partial charge in [-0.2, -0.15) is 13.2 Å². The highest BCUT2D eigenvalue weighted by atomic mass is 32.1. The standard InChI is InChI=1S/C18H17F3N2OS/c1-17(2,3)15-7-5-13(24)11(22-15)9-16-23-12-8-10(18(19,20)21)4-6-14(12)25-16/h4-8,24H,9H2,1-3H3. The van der Waals surface area contributed by atoms with Crippen molar-refractivity contribution in [3.05, 3.63) is 52.3 Å². The summed E-state index contributed by atoms with van der Waals surface area (Å²) in [4.78, 5) is 8.79. The zero-order chi connectivity index (χ0) is 18.4. The van der Waals surface area contributed by atoms with E-state index in [0.717, 1.165) is 17.8 Å². The molecule has 0 amide bonds. The molecule has 0 aliphatic heterocycles. The minimum absolute atomic E-state index is 0.0586. The Morgan fingerprint density at radius 1 is 1.04 bits per heavy atom. The lowest BCUT2D eigenvalue weighted by Crippen LogP contribution is -2.14. The molecule has 0 aliphatic rings. The summed E-state index contributed by atoms with van der Waals surface area (Å²) in [5, 5.41) is 10.7. The third-order valence-electron chi connectivity index (χ3n) is 3.80. The Morgan fingerprint density at radius 2 is 1.76 bits per heavy atom. The first-order chi connectivity index (χ1) is 11.5. The molecule has 132 valence electrons. The number of fused-ring (bicyclic) bond motifs is 1. The Bertz CT molecular complexity index is 926. The van der Waals surface area contributed by atoms with E-state index < -0.39 is 11.7 Å². The maximum Gasteiger partial charge on any atom is 0.416 e. The van der Waals surface area contributed by atoms with Crippen molar-refractivity contribution >= 4 is 21.6 Å². The van der Waals surface area contributed by atoms with E-state index in [1.807, 2.05) is 20.8 Å². The highest BCUT2D eigenvalue weighted by molar-refractivity contribution is 7.18. The molecular weight excluding hydrogens is 349 g/mol. The molecule has 1 N–H and O–H groups in total. The Balaban J connectivity index is 1.96. The summed E-state index contributed by atoms with van der Waals surface area (Å²) in [6, 6.07) is 6.90. The predicted molar refractivity (Wildman–Crippen MR) is 92.0 cm³/mol. The molecule has 0 unspecified atom stereocenters. The lowest BCUT2D eigenvalue weighted by atomic mass is 9.91. The van der Waals surface area contributed by atoms with Gasteiger partial charge in [-0.3, -0.25) is 4.98 Å². The van der Waals surface area contributed by atoms with Gasteiger partial charge in [0.1, 0.15) is 5.75 Å². The van der Waals surface area contributed by atoms with Crippen molar-refractivity contribution in [2.75, 3.05) is 0 Å². The van der Waals surface area contributed by atoms with Crippen LogP contribution < -0.4 is 0 Å². The third-order valence-corrected chi connectivity index (χ3v) is 4.83. The molecule has 0 saturated carbocycles. The third kappa shape index (κ3) is 3.76. The second-order valence-corrected chi connectivity index (χ2v) is 7.99. The first-order valence-corrected chi connectivity index (χ1v) is 8.52.